The highest BCUT2D eigenvalue weighted by Gasteiger charge is 2.34. The Labute approximate surface area is 242 Å². The summed E-state index contributed by atoms with van der Waals surface area (Å²) in [7, 11) is -4.22. The molecule has 0 radical (unpaired) electrons. The van der Waals surface area contributed by atoms with Crippen LogP contribution >= 0.6 is 0 Å². The second-order valence-corrected chi connectivity index (χ2v) is 11.3. The molecule has 0 saturated heterocycles. The predicted octanol–water partition coefficient (Wildman–Crippen LogP) is 5.14. The van der Waals surface area contributed by atoms with Gasteiger partial charge < -0.3 is 15.0 Å². The number of para-hydroxylation sites is 2. The second kappa shape index (κ2) is 15.2. The van der Waals surface area contributed by atoms with Gasteiger partial charge in [-0.25, -0.2) is 12.8 Å². The molecular weight excluding hydrogens is 545 g/mol. The fourth-order valence-electron chi connectivity index (χ4n) is 4.39. The van der Waals surface area contributed by atoms with Crippen LogP contribution in [-0.4, -0.2) is 50.9 Å². The Morgan fingerprint density at radius 1 is 0.927 bits per heavy atom. The van der Waals surface area contributed by atoms with Crippen molar-refractivity contribution in [1.82, 2.24) is 10.2 Å². The average Bonchev–Trinajstić information content (AvgIpc) is 2.98. The number of nitrogens with one attached hydrogen (secondary N) is 1. The van der Waals surface area contributed by atoms with E-state index in [-0.39, 0.29) is 29.6 Å². The smallest absolute Gasteiger partial charge is 0.264 e. The molecule has 41 heavy (non-hydrogen) atoms. The zero-order chi connectivity index (χ0) is 29.8. The van der Waals surface area contributed by atoms with Crippen LogP contribution in [0, 0.1) is 5.82 Å². The number of unbranched alkanes of at least 4 members (excludes halogenated alkanes) is 1. The van der Waals surface area contributed by atoms with Crippen molar-refractivity contribution in [3.63, 3.8) is 0 Å². The number of halogens is 1. The first-order valence-electron chi connectivity index (χ1n) is 13.8. The van der Waals surface area contributed by atoms with Gasteiger partial charge in [0.15, 0.2) is 0 Å². The summed E-state index contributed by atoms with van der Waals surface area (Å²) in [5, 5.41) is 2.89. The number of carbonyl (C=O) groups excluding carboxylic acids is 2. The van der Waals surface area contributed by atoms with Crippen molar-refractivity contribution in [2.45, 2.75) is 57.5 Å². The maximum Gasteiger partial charge on any atom is 0.264 e. The molecule has 2 amide bonds. The lowest BCUT2D eigenvalue weighted by Gasteiger charge is -2.33. The highest BCUT2D eigenvalue weighted by Crippen LogP contribution is 2.33. The molecule has 0 bridgehead atoms. The number of benzene rings is 3. The number of carbonyl (C=O) groups is 2. The minimum Gasteiger partial charge on any atom is -0.492 e. The number of nitrogens with zero attached hydrogens (tertiary/aromatic N) is 2. The van der Waals surface area contributed by atoms with Gasteiger partial charge in [-0.3, -0.25) is 13.9 Å². The van der Waals surface area contributed by atoms with Gasteiger partial charge in [-0.2, -0.15) is 0 Å². The summed E-state index contributed by atoms with van der Waals surface area (Å²) in [6, 6.07) is 19.2. The third-order valence-corrected chi connectivity index (χ3v) is 8.30. The molecule has 3 aromatic rings. The number of amides is 2. The Morgan fingerprint density at radius 3 is 2.22 bits per heavy atom. The fraction of sp³-hybridized carbons (Fsp3) is 0.355. The minimum absolute atomic E-state index is 0.00790. The van der Waals surface area contributed by atoms with Crippen LogP contribution in [0.15, 0.2) is 83.8 Å². The van der Waals surface area contributed by atoms with Crippen LogP contribution in [0.5, 0.6) is 5.75 Å². The number of hydrogen-bond acceptors (Lipinski definition) is 5. The molecule has 0 unspecified atom stereocenters. The van der Waals surface area contributed by atoms with Gasteiger partial charge in [0, 0.05) is 13.1 Å². The Balaban J connectivity index is 2.06. The monoisotopic (exact) mass is 583 g/mol. The average molecular weight is 584 g/mol. The number of ether oxygens (including phenoxy) is 1. The van der Waals surface area contributed by atoms with E-state index in [1.807, 2.05) is 6.92 Å². The SMILES string of the molecule is CCCCNC(=O)[C@@H](CC)N(Cc1ccc(F)cc1)C(=O)CN(c1ccccc1OCC)S(=O)(=O)c1ccccc1. The van der Waals surface area contributed by atoms with Crippen molar-refractivity contribution in [1.29, 1.82) is 0 Å². The standard InChI is InChI=1S/C31H38FN3O5S/c1-4-7-21-33-31(37)27(5-2)34(22-24-17-19-25(32)20-18-24)30(36)23-35(28-15-11-12-16-29(28)40-6-3)41(38,39)26-13-9-8-10-14-26/h8-20,27H,4-7,21-23H2,1-3H3,(H,33,37)/t27-/m1/s1. The first-order valence-corrected chi connectivity index (χ1v) is 15.3. The van der Waals surface area contributed by atoms with E-state index in [0.717, 1.165) is 17.1 Å². The largest absolute Gasteiger partial charge is 0.492 e. The molecule has 0 fully saturated rings. The molecule has 0 aliphatic rings. The Morgan fingerprint density at radius 2 is 1.59 bits per heavy atom. The van der Waals surface area contributed by atoms with Crippen LogP contribution in [0.4, 0.5) is 10.1 Å². The van der Waals surface area contributed by atoms with Crippen LogP contribution in [0.3, 0.4) is 0 Å². The van der Waals surface area contributed by atoms with Gasteiger partial charge in [0.1, 0.15) is 24.2 Å². The van der Waals surface area contributed by atoms with Crippen molar-refractivity contribution < 1.29 is 27.1 Å². The fourth-order valence-corrected chi connectivity index (χ4v) is 5.83. The van der Waals surface area contributed by atoms with E-state index >= 15 is 0 Å². The molecule has 220 valence electrons. The molecule has 8 nitrogen and oxygen atoms in total. The second-order valence-electron chi connectivity index (χ2n) is 9.44. The summed E-state index contributed by atoms with van der Waals surface area (Å²) in [5.74, 6) is -1.04. The number of sulfonamides is 1. The maximum absolute atomic E-state index is 14.1. The van der Waals surface area contributed by atoms with Gasteiger partial charge in [0.05, 0.1) is 17.2 Å². The summed E-state index contributed by atoms with van der Waals surface area (Å²) in [4.78, 5) is 28.7. The van der Waals surface area contributed by atoms with E-state index in [0.29, 0.717) is 24.3 Å². The molecule has 0 aromatic heterocycles. The Hall–Kier alpha value is -3.92. The summed E-state index contributed by atoms with van der Waals surface area (Å²) < 4.78 is 48.3. The molecule has 3 aromatic carbocycles. The molecule has 0 aliphatic heterocycles. The lowest BCUT2D eigenvalue weighted by molar-refractivity contribution is -0.140. The van der Waals surface area contributed by atoms with Crippen LogP contribution < -0.4 is 14.4 Å². The minimum atomic E-state index is -4.22. The van der Waals surface area contributed by atoms with Gasteiger partial charge in [0.2, 0.25) is 11.8 Å². The van der Waals surface area contributed by atoms with E-state index in [2.05, 4.69) is 5.32 Å². The van der Waals surface area contributed by atoms with Crippen LogP contribution in [0.1, 0.15) is 45.6 Å². The Bertz CT molecular complexity index is 1380. The number of rotatable bonds is 15. The first-order chi connectivity index (χ1) is 19.7. The summed E-state index contributed by atoms with van der Waals surface area (Å²) in [6.45, 7) is 5.74. The topological polar surface area (TPSA) is 96.0 Å². The van der Waals surface area contributed by atoms with Crippen LogP contribution in [0.2, 0.25) is 0 Å². The van der Waals surface area contributed by atoms with Gasteiger partial charge in [-0.05, 0) is 61.7 Å². The van der Waals surface area contributed by atoms with E-state index in [9.17, 15) is 22.4 Å². The van der Waals surface area contributed by atoms with Crippen molar-refractivity contribution in [3.05, 3.63) is 90.2 Å². The molecule has 0 saturated carbocycles. The van der Waals surface area contributed by atoms with Gasteiger partial charge in [0.25, 0.3) is 10.0 Å². The molecule has 0 heterocycles. The zero-order valence-corrected chi connectivity index (χ0v) is 24.6. The van der Waals surface area contributed by atoms with Crippen molar-refractivity contribution in [3.8, 4) is 5.75 Å². The normalized spacial score (nSPS) is 11.9. The molecule has 0 aliphatic carbocycles. The van der Waals surface area contributed by atoms with Gasteiger partial charge in [-0.1, -0.05) is 62.7 Å². The quantitative estimate of drug-likeness (QED) is 0.250. The lowest BCUT2D eigenvalue weighted by atomic mass is 10.1. The molecular formula is C31H38FN3O5S. The third kappa shape index (κ3) is 8.29. The molecule has 3 rings (SSSR count). The van der Waals surface area contributed by atoms with Crippen molar-refractivity contribution in [2.75, 3.05) is 24.0 Å². The maximum atomic E-state index is 14.1. The summed E-state index contributed by atoms with van der Waals surface area (Å²) >= 11 is 0. The third-order valence-electron chi connectivity index (χ3n) is 6.53. The molecule has 1 N–H and O–H groups in total. The van der Waals surface area contributed by atoms with E-state index in [1.165, 1.54) is 29.2 Å². The van der Waals surface area contributed by atoms with Gasteiger partial charge >= 0.3 is 0 Å². The number of hydrogen-bond donors (Lipinski definition) is 1. The van der Waals surface area contributed by atoms with E-state index < -0.39 is 34.3 Å². The van der Waals surface area contributed by atoms with Crippen molar-refractivity contribution >= 4 is 27.5 Å². The van der Waals surface area contributed by atoms with Crippen molar-refractivity contribution in [2.24, 2.45) is 0 Å². The highest BCUT2D eigenvalue weighted by molar-refractivity contribution is 7.92. The first kappa shape index (κ1) is 31.6. The lowest BCUT2D eigenvalue weighted by Crippen LogP contribution is -2.52. The summed E-state index contributed by atoms with van der Waals surface area (Å²) in [6.07, 6.45) is 1.97. The Kier molecular flexibility index (Phi) is 11.7. The highest BCUT2D eigenvalue weighted by atomic mass is 32.2. The predicted molar refractivity (Wildman–Crippen MR) is 158 cm³/mol. The summed E-state index contributed by atoms with van der Waals surface area (Å²) in [5.41, 5.74) is 0.806. The van der Waals surface area contributed by atoms with Crippen LogP contribution in [0.25, 0.3) is 0 Å². The molecule has 1 atom stereocenters. The van der Waals surface area contributed by atoms with E-state index in [1.54, 1.807) is 68.4 Å². The van der Waals surface area contributed by atoms with E-state index in [4.69, 9.17) is 4.74 Å². The van der Waals surface area contributed by atoms with Gasteiger partial charge in [-0.15, -0.1) is 0 Å². The molecule has 10 heteroatoms. The zero-order valence-electron chi connectivity index (χ0n) is 23.8. The van der Waals surface area contributed by atoms with Crippen LogP contribution in [-0.2, 0) is 26.2 Å². The number of anilines is 1. The molecule has 0 spiro atoms.